The Balaban J connectivity index is 1.29. The highest BCUT2D eigenvalue weighted by Gasteiger charge is 2.14. The van der Waals surface area contributed by atoms with Crippen molar-refractivity contribution in [3.63, 3.8) is 0 Å². The lowest BCUT2D eigenvalue weighted by Crippen LogP contribution is -2.38. The van der Waals surface area contributed by atoms with E-state index in [0.717, 1.165) is 11.4 Å². The van der Waals surface area contributed by atoms with Gasteiger partial charge in [-0.25, -0.2) is 0 Å². The van der Waals surface area contributed by atoms with Gasteiger partial charge in [-0.1, -0.05) is 18.2 Å². The number of hydrogen-bond donors (Lipinski definition) is 5. The van der Waals surface area contributed by atoms with E-state index in [4.69, 9.17) is 0 Å². The lowest BCUT2D eigenvalue weighted by Gasteiger charge is -2.10. The van der Waals surface area contributed by atoms with Gasteiger partial charge in [0.25, 0.3) is 0 Å². The molecule has 0 fully saturated rings. The molecule has 29 heavy (non-hydrogen) atoms. The van der Waals surface area contributed by atoms with E-state index in [-0.39, 0.29) is 0 Å². The second-order valence-corrected chi connectivity index (χ2v) is 6.13. The van der Waals surface area contributed by atoms with Gasteiger partial charge in [0.15, 0.2) is 0 Å². The number of aromatic amines is 1. The van der Waals surface area contributed by atoms with Gasteiger partial charge in [-0.15, -0.1) is 0 Å². The smallest absolute Gasteiger partial charge is 0.327 e. The summed E-state index contributed by atoms with van der Waals surface area (Å²) < 4.78 is 0. The first-order valence-corrected chi connectivity index (χ1v) is 8.77. The fourth-order valence-corrected chi connectivity index (χ4v) is 2.62. The molecular formula is C20H17N7O2. The summed E-state index contributed by atoms with van der Waals surface area (Å²) in [5.74, 6) is -1.63. The van der Waals surface area contributed by atoms with Crippen LogP contribution in [0, 0.1) is 0 Å². The number of carbonyl (C=O) groups excluding carboxylic acids is 2. The zero-order valence-electron chi connectivity index (χ0n) is 15.1. The van der Waals surface area contributed by atoms with Gasteiger partial charge in [-0.05, 0) is 54.6 Å². The molecule has 0 aliphatic heterocycles. The molecule has 0 unspecified atom stereocenters. The van der Waals surface area contributed by atoms with Crippen molar-refractivity contribution in [1.82, 2.24) is 20.8 Å². The van der Waals surface area contributed by atoms with Gasteiger partial charge in [0, 0.05) is 17.1 Å². The average molecular weight is 387 g/mol. The molecule has 0 bridgehead atoms. The Morgan fingerprint density at radius 3 is 2.14 bits per heavy atom. The van der Waals surface area contributed by atoms with Crippen molar-refractivity contribution in [3.8, 4) is 0 Å². The van der Waals surface area contributed by atoms with Gasteiger partial charge in [-0.2, -0.15) is 15.4 Å². The Bertz CT molecular complexity index is 1140. The summed E-state index contributed by atoms with van der Waals surface area (Å²) >= 11 is 0. The number of hydrazine groups is 1. The van der Waals surface area contributed by atoms with Crippen molar-refractivity contribution in [2.24, 2.45) is 0 Å². The van der Waals surface area contributed by atoms with E-state index in [1.54, 1.807) is 30.3 Å². The number of carbonyl (C=O) groups is 2. The van der Waals surface area contributed by atoms with E-state index in [1.165, 1.54) is 0 Å². The first-order chi connectivity index (χ1) is 14.2. The minimum absolute atomic E-state index is 0.447. The number of benzene rings is 3. The van der Waals surface area contributed by atoms with Crippen molar-refractivity contribution in [1.29, 1.82) is 0 Å². The molecule has 2 amide bonds. The minimum Gasteiger partial charge on any atom is -0.356 e. The molecule has 0 aliphatic carbocycles. The number of aromatic nitrogens is 3. The van der Waals surface area contributed by atoms with Gasteiger partial charge in [0.05, 0.1) is 5.69 Å². The number of nitrogens with zero attached hydrogens (tertiary/aromatic N) is 2. The normalized spacial score (nSPS) is 10.3. The highest BCUT2D eigenvalue weighted by Crippen LogP contribution is 2.18. The predicted octanol–water partition coefficient (Wildman–Crippen LogP) is 2.78. The zero-order chi connectivity index (χ0) is 20.1. The minimum atomic E-state index is -0.822. The first kappa shape index (κ1) is 18.0. The lowest BCUT2D eigenvalue weighted by molar-refractivity contribution is -0.135. The summed E-state index contributed by atoms with van der Waals surface area (Å²) in [4.78, 5) is 24.1. The number of anilines is 4. The largest absolute Gasteiger partial charge is 0.356 e. The summed E-state index contributed by atoms with van der Waals surface area (Å²) in [5.41, 5.74) is 9.28. The van der Waals surface area contributed by atoms with Crippen molar-refractivity contribution in [2.45, 2.75) is 0 Å². The third-order valence-electron chi connectivity index (χ3n) is 4.05. The van der Waals surface area contributed by atoms with Crippen LogP contribution in [0.4, 0.5) is 22.7 Å². The summed E-state index contributed by atoms with van der Waals surface area (Å²) in [7, 11) is 0. The summed E-state index contributed by atoms with van der Waals surface area (Å²) in [6, 6.07) is 22.0. The molecule has 5 N–H and O–H groups in total. The van der Waals surface area contributed by atoms with E-state index in [0.29, 0.717) is 22.4 Å². The number of para-hydroxylation sites is 1. The second kappa shape index (κ2) is 8.09. The van der Waals surface area contributed by atoms with E-state index in [1.807, 2.05) is 42.5 Å². The maximum absolute atomic E-state index is 12.0. The van der Waals surface area contributed by atoms with E-state index in [2.05, 4.69) is 36.9 Å². The van der Waals surface area contributed by atoms with Crippen LogP contribution in [-0.4, -0.2) is 27.2 Å². The van der Waals surface area contributed by atoms with Gasteiger partial charge >= 0.3 is 11.8 Å². The van der Waals surface area contributed by atoms with Crippen molar-refractivity contribution in [3.05, 3.63) is 72.8 Å². The molecule has 0 saturated heterocycles. The molecular weight excluding hydrogens is 370 g/mol. The van der Waals surface area contributed by atoms with Crippen LogP contribution in [0.25, 0.3) is 11.0 Å². The molecule has 0 spiro atoms. The van der Waals surface area contributed by atoms with Gasteiger partial charge in [0.1, 0.15) is 11.0 Å². The van der Waals surface area contributed by atoms with Gasteiger partial charge < -0.3 is 10.6 Å². The monoisotopic (exact) mass is 387 g/mol. The summed E-state index contributed by atoms with van der Waals surface area (Å²) in [6.07, 6.45) is 0. The molecule has 144 valence electrons. The van der Waals surface area contributed by atoms with Crippen LogP contribution in [-0.2, 0) is 9.59 Å². The second-order valence-electron chi connectivity index (χ2n) is 6.13. The highest BCUT2D eigenvalue weighted by atomic mass is 16.2. The van der Waals surface area contributed by atoms with Gasteiger partial charge in [-0.3, -0.25) is 20.4 Å². The van der Waals surface area contributed by atoms with Crippen molar-refractivity contribution < 1.29 is 9.59 Å². The standard InChI is InChI=1S/C20H17N7O2/c28-19(22-16-10-11-17-18(12-16)25-27-24-17)20(29)26-23-15-8-6-14(7-9-15)21-13-4-2-1-3-5-13/h1-12,21,23H,(H,22,28)(H,26,29)(H,24,25,27). The molecule has 9 heteroatoms. The molecule has 9 nitrogen and oxygen atoms in total. The van der Waals surface area contributed by atoms with E-state index < -0.39 is 11.8 Å². The third-order valence-corrected chi connectivity index (χ3v) is 4.05. The number of amides is 2. The Labute approximate surface area is 165 Å². The van der Waals surface area contributed by atoms with Crippen LogP contribution in [0.1, 0.15) is 0 Å². The van der Waals surface area contributed by atoms with E-state index in [9.17, 15) is 9.59 Å². The fourth-order valence-electron chi connectivity index (χ4n) is 2.62. The van der Waals surface area contributed by atoms with Crippen LogP contribution in [0.5, 0.6) is 0 Å². The van der Waals surface area contributed by atoms with Crippen LogP contribution in [0.3, 0.4) is 0 Å². The van der Waals surface area contributed by atoms with Crippen LogP contribution >= 0.6 is 0 Å². The molecule has 0 atom stereocenters. The number of hydrogen-bond acceptors (Lipinski definition) is 6. The average Bonchev–Trinajstić information content (AvgIpc) is 3.21. The molecule has 1 aromatic heterocycles. The van der Waals surface area contributed by atoms with Gasteiger partial charge in [0.2, 0.25) is 0 Å². The quantitative estimate of drug-likeness (QED) is 0.265. The van der Waals surface area contributed by atoms with Crippen LogP contribution < -0.4 is 21.5 Å². The molecule has 0 aliphatic rings. The molecule has 4 aromatic rings. The third kappa shape index (κ3) is 4.48. The number of nitrogens with one attached hydrogen (secondary N) is 5. The SMILES string of the molecule is O=C(NNc1ccc(Nc2ccccc2)cc1)C(=O)Nc1ccc2n[nH]nc2c1. The summed E-state index contributed by atoms with van der Waals surface area (Å²) in [6.45, 7) is 0. The summed E-state index contributed by atoms with van der Waals surface area (Å²) in [5, 5.41) is 16.1. The Hall–Kier alpha value is -4.40. The Morgan fingerprint density at radius 1 is 0.690 bits per heavy atom. The molecule has 0 radical (unpaired) electrons. The number of H-pyrrole nitrogens is 1. The molecule has 0 saturated carbocycles. The first-order valence-electron chi connectivity index (χ1n) is 8.77. The fraction of sp³-hybridized carbons (Fsp3) is 0. The topological polar surface area (TPSA) is 124 Å². The maximum atomic E-state index is 12.0. The Kier molecular flexibility index (Phi) is 5.02. The van der Waals surface area contributed by atoms with E-state index >= 15 is 0 Å². The Morgan fingerprint density at radius 2 is 1.34 bits per heavy atom. The molecule has 4 rings (SSSR count). The van der Waals surface area contributed by atoms with Crippen LogP contribution in [0.2, 0.25) is 0 Å². The number of rotatable bonds is 5. The van der Waals surface area contributed by atoms with Crippen molar-refractivity contribution >= 4 is 45.6 Å². The predicted molar refractivity (Wildman–Crippen MR) is 110 cm³/mol. The lowest BCUT2D eigenvalue weighted by atomic mass is 10.2. The zero-order valence-corrected chi connectivity index (χ0v) is 15.1. The van der Waals surface area contributed by atoms with Crippen molar-refractivity contribution in [2.75, 3.05) is 16.1 Å². The maximum Gasteiger partial charge on any atom is 0.327 e. The molecule has 3 aromatic carbocycles. The van der Waals surface area contributed by atoms with Crippen LogP contribution in [0.15, 0.2) is 72.8 Å². The highest BCUT2D eigenvalue weighted by molar-refractivity contribution is 6.39. The number of fused-ring (bicyclic) bond motifs is 1. The molecule has 1 heterocycles.